The Kier molecular flexibility index (Phi) is 5.36. The molecule has 126 valence electrons. The number of rotatable bonds is 3. The minimum absolute atomic E-state index is 0.0694. The molecule has 0 bridgehead atoms. The number of nitrogens with zero attached hydrogens (tertiary/aromatic N) is 1. The Hall–Kier alpha value is -2.07. The van der Waals surface area contributed by atoms with E-state index in [2.05, 4.69) is 4.98 Å². The summed E-state index contributed by atoms with van der Waals surface area (Å²) >= 11 is 6.30. The van der Waals surface area contributed by atoms with E-state index >= 15 is 0 Å². The van der Waals surface area contributed by atoms with Gasteiger partial charge in [-0.1, -0.05) is 42.6 Å². The zero-order chi connectivity index (χ0) is 16.9. The maximum absolute atomic E-state index is 12.9. The lowest BCUT2D eigenvalue weighted by Gasteiger charge is -2.30. The molecule has 0 spiro atoms. The number of aromatic nitrogens is 1. The van der Waals surface area contributed by atoms with Crippen molar-refractivity contribution in [3.05, 3.63) is 69.1 Å². The summed E-state index contributed by atoms with van der Waals surface area (Å²) < 4.78 is 0. The van der Waals surface area contributed by atoms with Crippen molar-refractivity contribution in [3.63, 3.8) is 0 Å². The first-order valence-electron chi connectivity index (χ1n) is 8.38. The average molecular weight is 345 g/mol. The van der Waals surface area contributed by atoms with Gasteiger partial charge in [0, 0.05) is 35.4 Å². The largest absolute Gasteiger partial charge is 0.335 e. The van der Waals surface area contributed by atoms with Crippen LogP contribution in [0.5, 0.6) is 0 Å². The Labute approximate surface area is 146 Å². The molecule has 4 nitrogen and oxygen atoms in total. The van der Waals surface area contributed by atoms with Crippen LogP contribution in [0, 0.1) is 0 Å². The number of aromatic amines is 1. The molecule has 2 aromatic rings. The molecule has 0 aliphatic carbocycles. The predicted octanol–water partition coefficient (Wildman–Crippen LogP) is 3.66. The van der Waals surface area contributed by atoms with Crippen LogP contribution in [0.15, 0.2) is 47.4 Å². The number of hydrogen-bond acceptors (Lipinski definition) is 2. The fourth-order valence-electron chi connectivity index (χ4n) is 3.32. The maximum atomic E-state index is 12.9. The zero-order valence-electron chi connectivity index (χ0n) is 13.5. The van der Waals surface area contributed by atoms with Gasteiger partial charge in [-0.3, -0.25) is 9.59 Å². The first-order valence-corrected chi connectivity index (χ1v) is 8.76. The molecule has 1 aliphatic rings. The van der Waals surface area contributed by atoms with Gasteiger partial charge in [-0.15, -0.1) is 0 Å². The van der Waals surface area contributed by atoms with E-state index in [0.717, 1.165) is 49.2 Å². The highest BCUT2D eigenvalue weighted by Crippen LogP contribution is 2.25. The second-order valence-corrected chi connectivity index (χ2v) is 6.65. The zero-order valence-corrected chi connectivity index (χ0v) is 14.3. The normalized spacial score (nSPS) is 18.2. The molecule has 24 heavy (non-hydrogen) atoms. The van der Waals surface area contributed by atoms with Crippen LogP contribution >= 0.6 is 11.6 Å². The number of benzene rings is 1. The third kappa shape index (κ3) is 3.88. The van der Waals surface area contributed by atoms with E-state index in [9.17, 15) is 9.59 Å². The predicted molar refractivity (Wildman–Crippen MR) is 95.5 cm³/mol. The highest BCUT2D eigenvalue weighted by Gasteiger charge is 2.27. The molecule has 1 amide bonds. The minimum Gasteiger partial charge on any atom is -0.335 e. The molecule has 1 aromatic carbocycles. The van der Waals surface area contributed by atoms with Crippen molar-refractivity contribution in [1.82, 2.24) is 9.88 Å². The Balaban J connectivity index is 1.86. The molecular formula is C19H21ClN2O2. The Morgan fingerprint density at radius 1 is 1.21 bits per heavy atom. The topological polar surface area (TPSA) is 53.2 Å². The number of carbonyl (C=O) groups is 1. The quantitative estimate of drug-likeness (QED) is 0.923. The van der Waals surface area contributed by atoms with E-state index < -0.39 is 0 Å². The fraction of sp³-hybridized carbons (Fsp3) is 0.368. The van der Waals surface area contributed by atoms with E-state index in [4.69, 9.17) is 11.6 Å². The molecule has 1 N–H and O–H groups in total. The van der Waals surface area contributed by atoms with Crippen molar-refractivity contribution in [3.8, 4) is 0 Å². The van der Waals surface area contributed by atoms with Gasteiger partial charge in [0.05, 0.1) is 0 Å². The SMILES string of the molecule is O=C(c1cc[nH]c(=O)c1)N1CCCCC[C@@H]1Cc1ccccc1Cl. The highest BCUT2D eigenvalue weighted by molar-refractivity contribution is 6.31. The first-order chi connectivity index (χ1) is 11.6. The van der Waals surface area contributed by atoms with Gasteiger partial charge >= 0.3 is 0 Å². The molecule has 1 saturated heterocycles. The lowest BCUT2D eigenvalue weighted by Crippen LogP contribution is -2.41. The van der Waals surface area contributed by atoms with Crippen LogP contribution in [-0.2, 0) is 6.42 Å². The number of nitrogens with one attached hydrogen (secondary N) is 1. The highest BCUT2D eigenvalue weighted by atomic mass is 35.5. The molecule has 1 aromatic heterocycles. The Morgan fingerprint density at radius 2 is 2.04 bits per heavy atom. The number of likely N-dealkylation sites (tertiary alicyclic amines) is 1. The van der Waals surface area contributed by atoms with Crippen molar-refractivity contribution < 1.29 is 4.79 Å². The number of pyridine rings is 1. The maximum Gasteiger partial charge on any atom is 0.254 e. The third-order valence-corrected chi connectivity index (χ3v) is 4.94. The number of halogens is 1. The molecule has 5 heteroatoms. The second-order valence-electron chi connectivity index (χ2n) is 6.24. The van der Waals surface area contributed by atoms with Crippen LogP contribution in [0.1, 0.15) is 41.6 Å². The van der Waals surface area contributed by atoms with Crippen LogP contribution in [-0.4, -0.2) is 28.4 Å². The number of carbonyl (C=O) groups excluding carboxylic acids is 1. The summed E-state index contributed by atoms with van der Waals surface area (Å²) in [6.45, 7) is 0.723. The third-order valence-electron chi connectivity index (χ3n) is 4.57. The number of H-pyrrole nitrogens is 1. The van der Waals surface area contributed by atoms with Crippen LogP contribution in [0.4, 0.5) is 0 Å². The van der Waals surface area contributed by atoms with E-state index in [1.807, 2.05) is 29.2 Å². The molecular weight excluding hydrogens is 324 g/mol. The molecule has 1 aliphatic heterocycles. The van der Waals surface area contributed by atoms with Gasteiger partial charge in [-0.2, -0.15) is 0 Å². The smallest absolute Gasteiger partial charge is 0.254 e. The Bertz CT molecular complexity index is 772. The monoisotopic (exact) mass is 344 g/mol. The van der Waals surface area contributed by atoms with Crippen molar-refractivity contribution in [2.75, 3.05) is 6.54 Å². The first kappa shape index (κ1) is 16.8. The van der Waals surface area contributed by atoms with Crippen molar-refractivity contribution in [2.24, 2.45) is 0 Å². The van der Waals surface area contributed by atoms with Gasteiger partial charge in [0.2, 0.25) is 5.56 Å². The molecule has 3 rings (SSSR count). The van der Waals surface area contributed by atoms with Gasteiger partial charge in [0.25, 0.3) is 5.91 Å². The molecule has 1 atom stereocenters. The molecule has 0 radical (unpaired) electrons. The molecule has 0 saturated carbocycles. The Morgan fingerprint density at radius 3 is 2.83 bits per heavy atom. The van der Waals surface area contributed by atoms with Crippen LogP contribution < -0.4 is 5.56 Å². The summed E-state index contributed by atoms with van der Waals surface area (Å²) in [5.41, 5.74) is 1.26. The van der Waals surface area contributed by atoms with Gasteiger partial charge in [-0.25, -0.2) is 0 Å². The lowest BCUT2D eigenvalue weighted by atomic mass is 10.00. The fourth-order valence-corrected chi connectivity index (χ4v) is 3.53. The summed E-state index contributed by atoms with van der Waals surface area (Å²) in [7, 11) is 0. The van der Waals surface area contributed by atoms with E-state index in [-0.39, 0.29) is 17.5 Å². The second kappa shape index (κ2) is 7.67. The van der Waals surface area contributed by atoms with Gasteiger partial charge in [0.15, 0.2) is 0 Å². The van der Waals surface area contributed by atoms with E-state index in [1.54, 1.807) is 6.07 Å². The molecule has 0 unspecified atom stereocenters. The lowest BCUT2D eigenvalue weighted by molar-refractivity contribution is 0.0682. The summed E-state index contributed by atoms with van der Waals surface area (Å²) in [4.78, 5) is 28.9. The summed E-state index contributed by atoms with van der Waals surface area (Å²) in [5.74, 6) is -0.0694. The van der Waals surface area contributed by atoms with Gasteiger partial charge < -0.3 is 9.88 Å². The molecule has 2 heterocycles. The van der Waals surface area contributed by atoms with Crippen molar-refractivity contribution >= 4 is 17.5 Å². The minimum atomic E-state index is -0.252. The van der Waals surface area contributed by atoms with Gasteiger partial charge in [-0.05, 0) is 37.0 Å². The van der Waals surface area contributed by atoms with Gasteiger partial charge in [0.1, 0.15) is 0 Å². The summed E-state index contributed by atoms with van der Waals surface area (Å²) in [6, 6.07) is 10.9. The van der Waals surface area contributed by atoms with Crippen LogP contribution in [0.3, 0.4) is 0 Å². The summed E-state index contributed by atoms with van der Waals surface area (Å²) in [5, 5.41) is 0.741. The van der Waals surface area contributed by atoms with Crippen molar-refractivity contribution in [1.29, 1.82) is 0 Å². The van der Waals surface area contributed by atoms with E-state index in [0.29, 0.717) is 5.56 Å². The van der Waals surface area contributed by atoms with Crippen LogP contribution in [0.2, 0.25) is 5.02 Å². The van der Waals surface area contributed by atoms with Crippen LogP contribution in [0.25, 0.3) is 0 Å². The molecule has 1 fully saturated rings. The van der Waals surface area contributed by atoms with E-state index in [1.165, 1.54) is 12.3 Å². The number of hydrogen-bond donors (Lipinski definition) is 1. The summed E-state index contributed by atoms with van der Waals surface area (Å²) in [6.07, 6.45) is 6.45. The average Bonchev–Trinajstić information content (AvgIpc) is 2.82. The van der Waals surface area contributed by atoms with Crippen molar-refractivity contribution in [2.45, 2.75) is 38.1 Å². The number of amides is 1. The standard InChI is InChI=1S/C19H21ClN2O2/c20-17-8-4-3-6-14(17)12-16-7-2-1-5-11-22(16)19(24)15-9-10-21-18(23)13-15/h3-4,6,8-10,13,16H,1-2,5,7,11-12H2,(H,21,23)/t16-/m1/s1.